The second-order valence-corrected chi connectivity index (χ2v) is 8.86. The molecular weight excluding hydrogens is 428 g/mol. The van der Waals surface area contributed by atoms with Crippen LogP contribution in [0.5, 0.6) is 0 Å². The Balaban J connectivity index is 1.71. The molecule has 1 saturated heterocycles. The Hall–Kier alpha value is -1.85. The zero-order chi connectivity index (χ0) is 19.0. The number of imide groups is 1. The smallest absolute Gasteiger partial charge is 0.316 e. The van der Waals surface area contributed by atoms with Gasteiger partial charge < -0.3 is 4.90 Å². The first-order chi connectivity index (χ1) is 13.0. The molecule has 1 heterocycles. The molecule has 0 radical (unpaired) electrons. The van der Waals surface area contributed by atoms with Crippen LogP contribution in [0.25, 0.3) is 0 Å². The van der Waals surface area contributed by atoms with Crippen molar-refractivity contribution in [2.75, 3.05) is 4.90 Å². The van der Waals surface area contributed by atoms with Crippen molar-refractivity contribution in [3.63, 3.8) is 0 Å². The molecule has 0 aromatic heterocycles. The van der Waals surface area contributed by atoms with Gasteiger partial charge in [-0.3, -0.25) is 4.79 Å². The van der Waals surface area contributed by atoms with E-state index in [9.17, 15) is 9.59 Å². The van der Waals surface area contributed by atoms with Gasteiger partial charge in [0.25, 0.3) is 0 Å². The molecule has 1 saturated carbocycles. The van der Waals surface area contributed by atoms with Gasteiger partial charge in [0.1, 0.15) is 0 Å². The number of carbonyl (C=O) groups excluding carboxylic acids is 2. The first kappa shape index (κ1) is 18.5. The molecule has 4 rings (SSSR count). The maximum absolute atomic E-state index is 13.3. The summed E-state index contributed by atoms with van der Waals surface area (Å²) in [5, 5.41) is 0.577. The summed E-state index contributed by atoms with van der Waals surface area (Å²) < 4.78 is 0. The third kappa shape index (κ3) is 3.63. The number of anilines is 1. The zero-order valence-electron chi connectivity index (χ0n) is 14.7. The Morgan fingerprint density at radius 3 is 2.41 bits per heavy atom. The van der Waals surface area contributed by atoms with Crippen LogP contribution in [0.3, 0.4) is 0 Å². The number of nitrogens with zero attached hydrogens (tertiary/aromatic N) is 2. The van der Waals surface area contributed by atoms with Crippen molar-refractivity contribution < 1.29 is 9.59 Å². The maximum Gasteiger partial charge on any atom is 0.331 e. The Kier molecular flexibility index (Phi) is 5.24. The number of rotatable bonds is 3. The summed E-state index contributed by atoms with van der Waals surface area (Å²) in [7, 11) is 0. The van der Waals surface area contributed by atoms with E-state index >= 15 is 0 Å². The summed E-state index contributed by atoms with van der Waals surface area (Å²) in [6.07, 6.45) is 2.54. The molecule has 1 aliphatic heterocycles. The number of alkyl halides is 1. The molecule has 4 nitrogen and oxygen atoms in total. The van der Waals surface area contributed by atoms with E-state index in [2.05, 4.69) is 15.9 Å². The molecule has 140 valence electrons. The molecule has 2 aromatic carbocycles. The highest BCUT2D eigenvalue weighted by Gasteiger charge is 2.48. The van der Waals surface area contributed by atoms with Crippen molar-refractivity contribution in [2.24, 2.45) is 5.92 Å². The summed E-state index contributed by atoms with van der Waals surface area (Å²) >= 11 is 9.66. The topological polar surface area (TPSA) is 40.6 Å². The highest BCUT2D eigenvalue weighted by atomic mass is 79.9. The zero-order valence-corrected chi connectivity index (χ0v) is 17.1. The van der Waals surface area contributed by atoms with E-state index in [4.69, 9.17) is 11.6 Å². The van der Waals surface area contributed by atoms with E-state index in [1.807, 2.05) is 35.2 Å². The Bertz CT molecular complexity index is 843. The predicted octanol–water partition coefficient (Wildman–Crippen LogP) is 5.24. The molecule has 0 N–H and O–H groups in total. The van der Waals surface area contributed by atoms with Crippen molar-refractivity contribution >= 4 is 45.2 Å². The minimum atomic E-state index is -0.250. The SMILES string of the molecule is O=C1C2CC(Br)CCC2N(Cc2ccccc2)C(=O)N1c1ccc(Cl)cc1. The minimum absolute atomic E-state index is 0.0532. The second-order valence-electron chi connectivity index (χ2n) is 7.13. The Morgan fingerprint density at radius 1 is 1.00 bits per heavy atom. The molecule has 0 spiro atoms. The van der Waals surface area contributed by atoms with Crippen molar-refractivity contribution in [1.82, 2.24) is 4.90 Å². The highest BCUT2D eigenvalue weighted by molar-refractivity contribution is 9.09. The number of carbonyl (C=O) groups is 2. The van der Waals surface area contributed by atoms with Gasteiger partial charge in [0.05, 0.1) is 11.6 Å². The lowest BCUT2D eigenvalue weighted by Gasteiger charge is -2.47. The number of urea groups is 1. The first-order valence-electron chi connectivity index (χ1n) is 9.12. The fraction of sp³-hybridized carbons (Fsp3) is 0.333. The molecule has 0 bridgehead atoms. The van der Waals surface area contributed by atoms with Crippen LogP contribution in [0.15, 0.2) is 54.6 Å². The largest absolute Gasteiger partial charge is 0.331 e. The van der Waals surface area contributed by atoms with Crippen molar-refractivity contribution in [3.05, 3.63) is 65.2 Å². The number of benzene rings is 2. The standard InChI is InChI=1S/C21H20BrClN2O2/c22-15-6-11-19-18(12-15)20(26)25(17-9-7-16(23)8-10-17)21(27)24(19)13-14-4-2-1-3-5-14/h1-5,7-10,15,18-19H,6,11-13H2. The van der Waals surface area contributed by atoms with Gasteiger partial charge in [-0.2, -0.15) is 0 Å². The molecule has 3 atom stereocenters. The van der Waals surface area contributed by atoms with Crippen molar-refractivity contribution in [1.29, 1.82) is 0 Å². The highest BCUT2D eigenvalue weighted by Crippen LogP contribution is 2.39. The monoisotopic (exact) mass is 446 g/mol. The number of halogens is 2. The van der Waals surface area contributed by atoms with Gasteiger partial charge in [-0.1, -0.05) is 57.9 Å². The average Bonchev–Trinajstić information content (AvgIpc) is 2.68. The number of fused-ring (bicyclic) bond motifs is 1. The lowest BCUT2D eigenvalue weighted by Crippen LogP contribution is -2.63. The third-order valence-electron chi connectivity index (χ3n) is 5.41. The van der Waals surface area contributed by atoms with Gasteiger partial charge in [0.2, 0.25) is 5.91 Å². The summed E-state index contributed by atoms with van der Waals surface area (Å²) in [5.41, 5.74) is 1.64. The van der Waals surface area contributed by atoms with Crippen molar-refractivity contribution in [2.45, 2.75) is 36.7 Å². The van der Waals surface area contributed by atoms with Crippen LogP contribution in [-0.4, -0.2) is 27.7 Å². The van der Waals surface area contributed by atoms with Gasteiger partial charge in [-0.25, -0.2) is 9.69 Å². The molecule has 2 aromatic rings. The molecular formula is C21H20BrClN2O2. The first-order valence-corrected chi connectivity index (χ1v) is 10.4. The van der Waals surface area contributed by atoms with Crippen LogP contribution < -0.4 is 4.90 Å². The Morgan fingerprint density at radius 2 is 1.70 bits per heavy atom. The van der Waals surface area contributed by atoms with Gasteiger partial charge in [0, 0.05) is 22.4 Å². The van der Waals surface area contributed by atoms with E-state index in [1.165, 1.54) is 4.90 Å². The van der Waals surface area contributed by atoms with Crippen LogP contribution in [-0.2, 0) is 11.3 Å². The van der Waals surface area contributed by atoms with Gasteiger partial charge in [0.15, 0.2) is 0 Å². The van der Waals surface area contributed by atoms with E-state index in [-0.39, 0.29) is 23.9 Å². The van der Waals surface area contributed by atoms with Crippen LogP contribution in [0.1, 0.15) is 24.8 Å². The van der Waals surface area contributed by atoms with Gasteiger partial charge >= 0.3 is 6.03 Å². The fourth-order valence-electron chi connectivity index (χ4n) is 4.06. The summed E-state index contributed by atoms with van der Waals surface area (Å²) in [6.45, 7) is 0.505. The second kappa shape index (κ2) is 7.64. The summed E-state index contributed by atoms with van der Waals surface area (Å²) in [4.78, 5) is 30.1. The number of amides is 3. The molecule has 6 heteroatoms. The average molecular weight is 448 g/mol. The molecule has 27 heavy (non-hydrogen) atoms. The minimum Gasteiger partial charge on any atom is -0.316 e. The van der Waals surface area contributed by atoms with E-state index in [0.717, 1.165) is 24.8 Å². The Labute approximate surface area is 172 Å². The number of hydrogen-bond donors (Lipinski definition) is 0. The quantitative estimate of drug-likeness (QED) is 0.604. The van der Waals surface area contributed by atoms with Crippen molar-refractivity contribution in [3.8, 4) is 0 Å². The van der Waals surface area contributed by atoms with E-state index in [1.54, 1.807) is 24.3 Å². The van der Waals surface area contributed by atoms with E-state index < -0.39 is 0 Å². The maximum atomic E-state index is 13.3. The summed E-state index contributed by atoms with van der Waals surface area (Å²) in [5.74, 6) is -0.305. The van der Waals surface area contributed by atoms with Crippen LogP contribution in [0.4, 0.5) is 10.5 Å². The lowest BCUT2D eigenvalue weighted by atomic mass is 9.80. The van der Waals surface area contributed by atoms with Crippen LogP contribution in [0.2, 0.25) is 5.02 Å². The predicted molar refractivity (Wildman–Crippen MR) is 110 cm³/mol. The van der Waals surface area contributed by atoms with Gasteiger partial charge in [-0.15, -0.1) is 0 Å². The molecule has 3 unspecified atom stereocenters. The molecule has 3 amide bonds. The molecule has 2 fully saturated rings. The van der Waals surface area contributed by atoms with Gasteiger partial charge in [-0.05, 0) is 49.1 Å². The van der Waals surface area contributed by atoms with E-state index in [0.29, 0.717) is 22.1 Å². The lowest BCUT2D eigenvalue weighted by molar-refractivity contribution is -0.126. The molecule has 1 aliphatic carbocycles. The normalized spacial score (nSPS) is 25.5. The van der Waals surface area contributed by atoms with Crippen LogP contribution >= 0.6 is 27.5 Å². The van der Waals surface area contributed by atoms with Crippen LogP contribution in [0, 0.1) is 5.92 Å². The fourth-order valence-corrected chi connectivity index (χ4v) is 4.86. The molecule has 2 aliphatic rings. The summed E-state index contributed by atoms with van der Waals surface area (Å²) in [6, 6.07) is 16.5. The number of hydrogen-bond acceptors (Lipinski definition) is 2. The third-order valence-corrected chi connectivity index (χ3v) is 6.49.